The van der Waals surface area contributed by atoms with Crippen molar-refractivity contribution in [1.82, 2.24) is 0 Å². The fourth-order valence-corrected chi connectivity index (χ4v) is 10.9. The van der Waals surface area contributed by atoms with Crippen molar-refractivity contribution in [3.63, 3.8) is 0 Å². The van der Waals surface area contributed by atoms with Crippen LogP contribution in [0.1, 0.15) is 259 Å². The number of aliphatic hydroxyl groups is 1. The molecule has 19 heteroatoms. The molecule has 0 rings (SSSR count). The number of allylic oxidation sites excluding steroid dienone is 31. The molecule has 3 N–H and O–H groups in total. The van der Waals surface area contributed by atoms with Crippen molar-refractivity contribution in [1.29, 1.82) is 0 Å². The first kappa shape index (κ1) is 97.9. The van der Waals surface area contributed by atoms with E-state index >= 15 is 0 Å². The highest BCUT2D eigenvalue weighted by Gasteiger charge is 2.30. The number of esters is 4. The third-order valence-electron chi connectivity index (χ3n) is 15.1. The van der Waals surface area contributed by atoms with Crippen LogP contribution in [0, 0.1) is 0 Å². The second kappa shape index (κ2) is 75.1. The van der Waals surface area contributed by atoms with Gasteiger partial charge in [-0.05, 0) is 167 Å². The smallest absolute Gasteiger partial charge is 0.462 e. The van der Waals surface area contributed by atoms with Crippen LogP contribution in [0.2, 0.25) is 0 Å². The average molecular weight is 1490 g/mol. The van der Waals surface area contributed by atoms with Crippen molar-refractivity contribution in [3.05, 3.63) is 194 Å². The second-order valence-electron chi connectivity index (χ2n) is 24.8. The van der Waals surface area contributed by atoms with Crippen molar-refractivity contribution < 1.29 is 80.2 Å². The second-order valence-corrected chi connectivity index (χ2v) is 27.7. The summed E-state index contributed by atoms with van der Waals surface area (Å²) >= 11 is 0. The van der Waals surface area contributed by atoms with Crippen molar-refractivity contribution in [2.75, 3.05) is 39.6 Å². The molecule has 0 aliphatic heterocycles. The summed E-state index contributed by atoms with van der Waals surface area (Å²) in [7, 11) is -10.0. The lowest BCUT2D eigenvalue weighted by Gasteiger charge is -2.21. The Balaban J connectivity index is 5.53. The number of ether oxygens (including phenoxy) is 4. The van der Waals surface area contributed by atoms with E-state index in [1.807, 2.05) is 12.2 Å². The Kier molecular flexibility index (Phi) is 70.7. The van der Waals surface area contributed by atoms with Gasteiger partial charge in [-0.25, -0.2) is 9.13 Å². The first-order valence-corrected chi connectivity index (χ1v) is 41.7. The van der Waals surface area contributed by atoms with Crippen LogP contribution in [0.4, 0.5) is 0 Å². The first-order chi connectivity index (χ1) is 50.7. The highest BCUT2D eigenvalue weighted by molar-refractivity contribution is 7.47. The summed E-state index contributed by atoms with van der Waals surface area (Å²) in [6.45, 7) is 4.24. The summed E-state index contributed by atoms with van der Waals surface area (Å²) < 4.78 is 68.3. The van der Waals surface area contributed by atoms with E-state index in [1.54, 1.807) is 12.2 Å². The average Bonchev–Trinajstić information content (AvgIpc) is 0.918. The minimum atomic E-state index is -5.02. The maximum absolute atomic E-state index is 13.1. The number of unbranched alkanes of at least 4 members (excludes halogenated alkanes) is 13. The predicted octanol–water partition coefficient (Wildman–Crippen LogP) is 22.5. The quantitative estimate of drug-likeness (QED) is 0.0169. The molecule has 0 radical (unpaired) electrons. The van der Waals surface area contributed by atoms with Crippen LogP contribution in [-0.2, 0) is 65.4 Å². The maximum Gasteiger partial charge on any atom is 0.472 e. The molecule has 0 amide bonds. The van der Waals surface area contributed by atoms with Gasteiger partial charge in [0.05, 0.1) is 32.8 Å². The zero-order chi connectivity index (χ0) is 76.0. The molecule has 0 saturated carbocycles. The largest absolute Gasteiger partial charge is 0.472 e. The Labute approximate surface area is 627 Å². The standard InChI is InChI=1S/C85H134O17P2/c1-5-9-13-17-21-25-29-33-37-38-39-40-44-46-50-54-58-62-66-70-83(88)96-76-81(102-85(90)72-68-64-60-56-52-48-43-36-32-28-24-20-16-12-8-4)78-100-104(93,94)98-74-79(86)73-97-103(91,92)99-77-80(101-84(89)71-67-63-59-55-51-47-42-35-31-27-23-19-15-11-7-3)75-95-82(87)69-65-61-57-53-49-45-41-34-30-26-22-18-14-10-6-2/h9-10,12-14,16,21-28,33-37,39-43,46,49-50,52-53,56,64,68,79-81,86H,5-8,11,15,17-20,29-32,38,44-45,47-48,51,54-55,57-63,65-67,69-78H2,1-4H3,(H,91,92)(H,93,94)/b13-9-,14-10-,16-12-,25-21-,26-22-,27-23-,28-24-,37-33-,40-39-,41-34-,42-35-,43-36-,50-46-,53-49-,56-52-,68-64-. The summed E-state index contributed by atoms with van der Waals surface area (Å²) in [4.78, 5) is 72.9. The molecule has 0 saturated heterocycles. The molecule has 586 valence electrons. The van der Waals surface area contributed by atoms with Crippen molar-refractivity contribution in [2.45, 2.75) is 277 Å². The first-order valence-electron chi connectivity index (χ1n) is 38.7. The monoisotopic (exact) mass is 1490 g/mol. The highest BCUT2D eigenvalue weighted by atomic mass is 31.2. The highest BCUT2D eigenvalue weighted by Crippen LogP contribution is 2.45. The number of phosphoric ester groups is 2. The lowest BCUT2D eigenvalue weighted by molar-refractivity contribution is -0.161. The molecule has 0 aromatic carbocycles. The molecule has 0 aliphatic carbocycles. The fourth-order valence-electron chi connectivity index (χ4n) is 9.28. The molecule has 0 heterocycles. The van der Waals surface area contributed by atoms with Crippen molar-refractivity contribution in [3.8, 4) is 0 Å². The van der Waals surface area contributed by atoms with E-state index in [0.29, 0.717) is 25.7 Å². The van der Waals surface area contributed by atoms with Crippen LogP contribution in [0.3, 0.4) is 0 Å². The van der Waals surface area contributed by atoms with Crippen LogP contribution in [-0.4, -0.2) is 96.7 Å². The fraction of sp³-hybridized carbons (Fsp3) is 0.576. The van der Waals surface area contributed by atoms with Gasteiger partial charge in [0.1, 0.15) is 19.3 Å². The molecular formula is C85H134O17P2. The summed E-state index contributed by atoms with van der Waals surface area (Å²) in [5.41, 5.74) is 0. The molecular weight excluding hydrogens is 1350 g/mol. The number of rotatable bonds is 70. The van der Waals surface area contributed by atoms with Gasteiger partial charge in [-0.2, -0.15) is 0 Å². The molecule has 5 atom stereocenters. The normalized spacial score (nSPS) is 15.0. The number of hydrogen-bond acceptors (Lipinski definition) is 15. The lowest BCUT2D eigenvalue weighted by Crippen LogP contribution is -2.30. The Morgan fingerprint density at radius 1 is 0.288 bits per heavy atom. The van der Waals surface area contributed by atoms with Gasteiger partial charge in [0.2, 0.25) is 0 Å². The predicted molar refractivity (Wildman–Crippen MR) is 426 cm³/mol. The molecule has 0 bridgehead atoms. The maximum atomic E-state index is 13.1. The van der Waals surface area contributed by atoms with Gasteiger partial charge in [0.25, 0.3) is 0 Å². The zero-order valence-corrected chi connectivity index (χ0v) is 65.6. The molecule has 5 unspecified atom stereocenters. The minimum absolute atomic E-state index is 0.0590. The van der Waals surface area contributed by atoms with Gasteiger partial charge in [-0.3, -0.25) is 37.3 Å². The van der Waals surface area contributed by atoms with E-state index in [0.717, 1.165) is 161 Å². The van der Waals surface area contributed by atoms with Crippen LogP contribution >= 0.6 is 15.6 Å². The Morgan fingerprint density at radius 2 is 0.538 bits per heavy atom. The van der Waals surface area contributed by atoms with Crippen molar-refractivity contribution >= 4 is 39.5 Å². The van der Waals surface area contributed by atoms with Gasteiger partial charge < -0.3 is 33.8 Å². The number of carbonyl (C=O) groups excluding carboxylic acids is 4. The summed E-state index contributed by atoms with van der Waals surface area (Å²) in [6.07, 6.45) is 91.7. The topological polar surface area (TPSA) is 237 Å². The summed E-state index contributed by atoms with van der Waals surface area (Å²) in [6, 6.07) is 0. The number of hydrogen-bond donors (Lipinski definition) is 3. The summed E-state index contributed by atoms with van der Waals surface area (Å²) in [5.74, 6) is -2.45. The van der Waals surface area contributed by atoms with Gasteiger partial charge in [0, 0.05) is 19.3 Å². The third kappa shape index (κ3) is 74.2. The van der Waals surface area contributed by atoms with Crippen molar-refractivity contribution in [2.24, 2.45) is 0 Å². The van der Waals surface area contributed by atoms with E-state index in [4.69, 9.17) is 37.0 Å². The van der Waals surface area contributed by atoms with E-state index in [2.05, 4.69) is 198 Å². The Bertz CT molecular complexity index is 2740. The molecule has 104 heavy (non-hydrogen) atoms. The molecule has 0 aromatic heterocycles. The SMILES string of the molecule is CC/C=C\C/C=C\C/C=C\C/C=C\C/C=C\CCCCCC(=O)OCC(COP(=O)(O)OCC(O)COP(=O)(O)OCC(COC(=O)CCCC/C=C\C/C=C\C/C=C\C/C=C\CC)OC(=O)CCCCCCC/C=C\C/C=C\CCCCC)OC(=O)C/C=C\C/C=C\C/C=C\C/C=C\C/C=C\CC. The van der Waals surface area contributed by atoms with Gasteiger partial charge in [-0.1, -0.05) is 261 Å². The van der Waals surface area contributed by atoms with E-state index < -0.39 is 97.5 Å². The van der Waals surface area contributed by atoms with Crippen LogP contribution in [0.5, 0.6) is 0 Å². The molecule has 0 aliphatic rings. The van der Waals surface area contributed by atoms with Crippen LogP contribution in [0.15, 0.2) is 194 Å². The summed E-state index contributed by atoms with van der Waals surface area (Å²) in [5, 5.41) is 10.6. The Morgan fingerprint density at radius 3 is 0.885 bits per heavy atom. The van der Waals surface area contributed by atoms with E-state index in [-0.39, 0.29) is 25.7 Å². The van der Waals surface area contributed by atoms with Gasteiger partial charge in [-0.15, -0.1) is 0 Å². The minimum Gasteiger partial charge on any atom is -0.462 e. The lowest BCUT2D eigenvalue weighted by atomic mass is 10.1. The third-order valence-corrected chi connectivity index (χ3v) is 17.0. The Hall–Kier alpha value is -6.10. The molecule has 0 spiro atoms. The van der Waals surface area contributed by atoms with Crippen LogP contribution in [0.25, 0.3) is 0 Å². The van der Waals surface area contributed by atoms with E-state index in [9.17, 15) is 43.2 Å². The number of phosphoric acid groups is 2. The number of aliphatic hydroxyl groups excluding tert-OH is 1. The molecule has 0 fully saturated rings. The van der Waals surface area contributed by atoms with Crippen LogP contribution < -0.4 is 0 Å². The number of carbonyl (C=O) groups is 4. The van der Waals surface area contributed by atoms with Gasteiger partial charge in [0.15, 0.2) is 12.2 Å². The molecule has 0 aromatic rings. The zero-order valence-electron chi connectivity index (χ0n) is 63.9. The van der Waals surface area contributed by atoms with E-state index in [1.165, 1.54) is 19.3 Å². The van der Waals surface area contributed by atoms with Gasteiger partial charge >= 0.3 is 39.5 Å². The molecule has 17 nitrogen and oxygen atoms in total.